The smallest absolute Gasteiger partial charge is 0.197 e. The van der Waals surface area contributed by atoms with Crippen LogP contribution in [0.25, 0.3) is 0 Å². The molecular formula is C8H18N2O2S. The minimum absolute atomic E-state index is 0.330. The van der Waals surface area contributed by atoms with Gasteiger partial charge in [-0.3, -0.25) is 0 Å². The third kappa shape index (κ3) is 2.65. The Labute approximate surface area is 80.5 Å². The zero-order chi connectivity index (χ0) is 10.3. The molecule has 4 nitrogen and oxygen atoms in total. The van der Waals surface area contributed by atoms with Crippen LogP contribution in [0.2, 0.25) is 0 Å². The van der Waals surface area contributed by atoms with E-state index >= 15 is 0 Å². The van der Waals surface area contributed by atoms with Gasteiger partial charge in [-0.05, 0) is 26.2 Å². The summed E-state index contributed by atoms with van der Waals surface area (Å²) < 4.78 is 27.2. The quantitative estimate of drug-likeness (QED) is 0.630. The zero-order valence-electron chi connectivity index (χ0n) is 8.66. The van der Waals surface area contributed by atoms with Gasteiger partial charge < -0.3 is 0 Å². The minimum Gasteiger partial charge on any atom is -0.197 e. The highest BCUT2D eigenvalue weighted by Gasteiger charge is 2.33. The summed E-state index contributed by atoms with van der Waals surface area (Å²) in [5, 5.41) is 0. The van der Waals surface area contributed by atoms with E-state index in [0.717, 1.165) is 6.42 Å². The van der Waals surface area contributed by atoms with Crippen molar-refractivity contribution in [3.05, 3.63) is 0 Å². The first-order valence-corrected chi connectivity index (χ1v) is 5.92. The highest BCUT2D eigenvalue weighted by Crippen LogP contribution is 2.22. The van der Waals surface area contributed by atoms with E-state index < -0.39 is 10.2 Å². The zero-order valence-corrected chi connectivity index (χ0v) is 9.48. The van der Waals surface area contributed by atoms with Gasteiger partial charge in [0.25, 0.3) is 10.2 Å². The molecule has 0 radical (unpaired) electrons. The van der Waals surface area contributed by atoms with Crippen LogP contribution in [0, 0.1) is 5.92 Å². The molecular weight excluding hydrogens is 188 g/mol. The molecule has 0 saturated carbocycles. The Morgan fingerprint density at radius 2 is 2.00 bits per heavy atom. The summed E-state index contributed by atoms with van der Waals surface area (Å²) >= 11 is 0. The molecule has 0 aliphatic carbocycles. The van der Waals surface area contributed by atoms with Crippen molar-refractivity contribution < 1.29 is 8.42 Å². The van der Waals surface area contributed by atoms with E-state index in [1.807, 2.05) is 13.8 Å². The van der Waals surface area contributed by atoms with Crippen LogP contribution in [0.1, 0.15) is 27.2 Å². The van der Waals surface area contributed by atoms with Crippen molar-refractivity contribution in [1.29, 1.82) is 0 Å². The maximum absolute atomic E-state index is 11.6. The van der Waals surface area contributed by atoms with Crippen LogP contribution in [-0.4, -0.2) is 31.9 Å². The third-order valence-electron chi connectivity index (χ3n) is 2.24. The van der Waals surface area contributed by atoms with Crippen molar-refractivity contribution in [2.75, 3.05) is 13.6 Å². The summed E-state index contributed by atoms with van der Waals surface area (Å²) in [7, 11) is -1.64. The molecule has 1 saturated heterocycles. The molecule has 1 fully saturated rings. The van der Waals surface area contributed by atoms with Gasteiger partial charge >= 0.3 is 0 Å². The largest absolute Gasteiger partial charge is 0.279 e. The monoisotopic (exact) mass is 206 g/mol. The van der Waals surface area contributed by atoms with E-state index in [1.54, 1.807) is 7.05 Å². The van der Waals surface area contributed by atoms with Crippen molar-refractivity contribution in [2.24, 2.45) is 5.92 Å². The molecule has 0 aromatic heterocycles. The topological polar surface area (TPSA) is 49.4 Å². The second-order valence-electron chi connectivity index (χ2n) is 4.58. The average Bonchev–Trinajstić information content (AvgIpc) is 1.85. The van der Waals surface area contributed by atoms with Gasteiger partial charge in [-0.2, -0.15) is 17.4 Å². The Kier molecular flexibility index (Phi) is 2.71. The van der Waals surface area contributed by atoms with Gasteiger partial charge in [0.2, 0.25) is 0 Å². The standard InChI is InChI=1S/C8H18N2O2S/c1-7-5-8(2,3)9-13(11,12)10(4)6-7/h7,9H,5-6H2,1-4H3. The molecule has 78 valence electrons. The first-order valence-electron chi connectivity index (χ1n) is 4.48. The average molecular weight is 206 g/mol. The van der Waals surface area contributed by atoms with Crippen molar-refractivity contribution in [1.82, 2.24) is 9.03 Å². The number of rotatable bonds is 0. The highest BCUT2D eigenvalue weighted by atomic mass is 32.2. The van der Waals surface area contributed by atoms with Gasteiger partial charge in [-0.1, -0.05) is 6.92 Å². The molecule has 0 spiro atoms. The second-order valence-corrected chi connectivity index (χ2v) is 6.36. The molecule has 5 heteroatoms. The Balaban J connectivity index is 2.96. The van der Waals surface area contributed by atoms with Crippen LogP contribution in [0.3, 0.4) is 0 Å². The molecule has 1 rings (SSSR count). The SMILES string of the molecule is CC1CN(C)S(=O)(=O)NC(C)(C)C1. The van der Waals surface area contributed by atoms with E-state index in [9.17, 15) is 8.42 Å². The number of hydrogen-bond donors (Lipinski definition) is 1. The van der Waals surface area contributed by atoms with Gasteiger partial charge in [0.05, 0.1) is 0 Å². The second kappa shape index (κ2) is 3.22. The highest BCUT2D eigenvalue weighted by molar-refractivity contribution is 7.87. The first-order chi connectivity index (χ1) is 5.73. The molecule has 0 bridgehead atoms. The number of nitrogens with zero attached hydrogens (tertiary/aromatic N) is 1. The van der Waals surface area contributed by atoms with E-state index in [2.05, 4.69) is 11.6 Å². The molecule has 1 aliphatic rings. The Morgan fingerprint density at radius 3 is 2.54 bits per heavy atom. The maximum Gasteiger partial charge on any atom is 0.279 e. The Morgan fingerprint density at radius 1 is 1.46 bits per heavy atom. The molecule has 1 unspecified atom stereocenters. The molecule has 0 aromatic carbocycles. The lowest BCUT2D eigenvalue weighted by molar-refractivity contribution is 0.348. The van der Waals surface area contributed by atoms with Crippen LogP contribution in [0.15, 0.2) is 0 Å². The van der Waals surface area contributed by atoms with Crippen molar-refractivity contribution in [2.45, 2.75) is 32.7 Å². The summed E-state index contributed by atoms with van der Waals surface area (Å²) in [5.74, 6) is 0.393. The Bertz CT molecular complexity index is 285. The van der Waals surface area contributed by atoms with E-state index in [-0.39, 0.29) is 5.54 Å². The maximum atomic E-state index is 11.6. The summed E-state index contributed by atoms with van der Waals surface area (Å²) in [6.45, 7) is 6.50. The summed E-state index contributed by atoms with van der Waals surface area (Å²) in [4.78, 5) is 0. The first kappa shape index (κ1) is 10.9. The van der Waals surface area contributed by atoms with Gasteiger partial charge in [0.1, 0.15) is 0 Å². The van der Waals surface area contributed by atoms with Crippen LogP contribution in [0.5, 0.6) is 0 Å². The van der Waals surface area contributed by atoms with Crippen molar-refractivity contribution >= 4 is 10.2 Å². The third-order valence-corrected chi connectivity index (χ3v) is 4.02. The van der Waals surface area contributed by atoms with Crippen molar-refractivity contribution in [3.63, 3.8) is 0 Å². The summed E-state index contributed by atoms with van der Waals surface area (Å²) in [6, 6.07) is 0. The fourth-order valence-electron chi connectivity index (χ4n) is 1.94. The predicted octanol–water partition coefficient (Wildman–Crippen LogP) is 0.571. The van der Waals surface area contributed by atoms with E-state index in [1.165, 1.54) is 4.31 Å². The molecule has 13 heavy (non-hydrogen) atoms. The minimum atomic E-state index is -3.26. The fraction of sp³-hybridized carbons (Fsp3) is 1.00. The lowest BCUT2D eigenvalue weighted by atomic mass is 9.93. The lowest BCUT2D eigenvalue weighted by Gasteiger charge is -2.24. The molecule has 0 aromatic rings. The fourth-order valence-corrected chi connectivity index (χ4v) is 3.33. The van der Waals surface area contributed by atoms with Gasteiger partial charge in [0, 0.05) is 19.1 Å². The molecule has 1 aliphatic heterocycles. The van der Waals surface area contributed by atoms with Gasteiger partial charge in [-0.25, -0.2) is 0 Å². The summed E-state index contributed by atoms with van der Waals surface area (Å²) in [5.41, 5.74) is -0.330. The van der Waals surface area contributed by atoms with E-state index in [0.29, 0.717) is 12.5 Å². The molecule has 0 amide bonds. The van der Waals surface area contributed by atoms with Crippen LogP contribution in [0.4, 0.5) is 0 Å². The predicted molar refractivity (Wildman–Crippen MR) is 52.5 cm³/mol. The van der Waals surface area contributed by atoms with Crippen LogP contribution < -0.4 is 4.72 Å². The normalized spacial score (nSPS) is 34.0. The summed E-state index contributed by atoms with van der Waals surface area (Å²) in [6.07, 6.45) is 0.872. The van der Waals surface area contributed by atoms with E-state index in [4.69, 9.17) is 0 Å². The van der Waals surface area contributed by atoms with Crippen molar-refractivity contribution in [3.8, 4) is 0 Å². The lowest BCUT2D eigenvalue weighted by Crippen LogP contribution is -2.46. The van der Waals surface area contributed by atoms with Crippen LogP contribution in [-0.2, 0) is 10.2 Å². The molecule has 1 atom stereocenters. The Hall–Kier alpha value is -0.130. The number of nitrogens with one attached hydrogen (secondary N) is 1. The molecule has 1 N–H and O–H groups in total. The molecule has 1 heterocycles. The number of hydrogen-bond acceptors (Lipinski definition) is 2. The van der Waals surface area contributed by atoms with Crippen LogP contribution >= 0.6 is 0 Å². The van der Waals surface area contributed by atoms with Gasteiger partial charge in [0.15, 0.2) is 0 Å². The van der Waals surface area contributed by atoms with Gasteiger partial charge in [-0.15, -0.1) is 0 Å².